The van der Waals surface area contributed by atoms with Crippen LogP contribution in [0.25, 0.3) is 0 Å². The molecule has 0 aromatic carbocycles. The molecule has 0 aromatic heterocycles. The summed E-state index contributed by atoms with van der Waals surface area (Å²) in [5, 5.41) is 0. The highest BCUT2D eigenvalue weighted by Crippen LogP contribution is 2.07. The van der Waals surface area contributed by atoms with Crippen molar-refractivity contribution in [3.05, 3.63) is 0 Å². The standard InChI is InChI=1S/C18H34O4/c1-4-5-6-7-8-11-14-21-17(19)12-9-10-13-18(20)22-15-16(2)3/h16H,4-15H2,1-3H3. The van der Waals surface area contributed by atoms with Gasteiger partial charge in [0.25, 0.3) is 0 Å². The lowest BCUT2D eigenvalue weighted by Crippen LogP contribution is -2.10. The number of ether oxygens (including phenoxy) is 2. The van der Waals surface area contributed by atoms with E-state index in [-0.39, 0.29) is 11.9 Å². The molecule has 0 spiro atoms. The van der Waals surface area contributed by atoms with Gasteiger partial charge in [-0.15, -0.1) is 0 Å². The minimum Gasteiger partial charge on any atom is -0.466 e. The Kier molecular flexibility index (Phi) is 14.1. The summed E-state index contributed by atoms with van der Waals surface area (Å²) in [7, 11) is 0. The number of esters is 2. The molecule has 0 aliphatic rings. The van der Waals surface area contributed by atoms with Gasteiger partial charge >= 0.3 is 11.9 Å². The Hall–Kier alpha value is -1.06. The molecule has 0 saturated carbocycles. The van der Waals surface area contributed by atoms with Crippen LogP contribution in [0.5, 0.6) is 0 Å². The minimum absolute atomic E-state index is 0.149. The molecule has 0 heterocycles. The van der Waals surface area contributed by atoms with Gasteiger partial charge in [-0.3, -0.25) is 9.59 Å². The summed E-state index contributed by atoms with van der Waals surface area (Å²) >= 11 is 0. The van der Waals surface area contributed by atoms with Crippen molar-refractivity contribution < 1.29 is 19.1 Å². The maximum Gasteiger partial charge on any atom is 0.305 e. The number of carbonyl (C=O) groups excluding carboxylic acids is 2. The molecular formula is C18H34O4. The maximum absolute atomic E-state index is 11.5. The van der Waals surface area contributed by atoms with Crippen LogP contribution < -0.4 is 0 Å². The first-order valence-corrected chi connectivity index (χ1v) is 8.87. The lowest BCUT2D eigenvalue weighted by Gasteiger charge is -2.07. The summed E-state index contributed by atoms with van der Waals surface area (Å²) in [4.78, 5) is 22.9. The third-order valence-corrected chi connectivity index (χ3v) is 3.35. The van der Waals surface area contributed by atoms with Gasteiger partial charge in [-0.2, -0.15) is 0 Å². The van der Waals surface area contributed by atoms with E-state index in [1.807, 2.05) is 13.8 Å². The molecule has 0 atom stereocenters. The molecular weight excluding hydrogens is 280 g/mol. The molecule has 0 unspecified atom stereocenters. The third-order valence-electron chi connectivity index (χ3n) is 3.35. The monoisotopic (exact) mass is 314 g/mol. The van der Waals surface area contributed by atoms with Gasteiger partial charge in [0, 0.05) is 12.8 Å². The van der Waals surface area contributed by atoms with Crippen molar-refractivity contribution in [2.45, 2.75) is 85.0 Å². The Bertz CT molecular complexity index is 287. The van der Waals surface area contributed by atoms with E-state index < -0.39 is 0 Å². The van der Waals surface area contributed by atoms with Crippen LogP contribution in [-0.4, -0.2) is 25.2 Å². The van der Waals surface area contributed by atoms with E-state index in [0.29, 0.717) is 44.8 Å². The molecule has 0 amide bonds. The van der Waals surface area contributed by atoms with Gasteiger partial charge < -0.3 is 9.47 Å². The summed E-state index contributed by atoms with van der Waals surface area (Å²) in [6, 6.07) is 0. The quantitative estimate of drug-likeness (QED) is 0.346. The molecule has 4 nitrogen and oxygen atoms in total. The van der Waals surface area contributed by atoms with Gasteiger partial charge in [-0.25, -0.2) is 0 Å². The Morgan fingerprint density at radius 1 is 0.773 bits per heavy atom. The Balaban J connectivity index is 3.34. The number of hydrogen-bond donors (Lipinski definition) is 0. The van der Waals surface area contributed by atoms with Crippen LogP contribution in [0.1, 0.15) is 85.0 Å². The fraction of sp³-hybridized carbons (Fsp3) is 0.889. The highest BCUT2D eigenvalue weighted by molar-refractivity contribution is 5.70. The minimum atomic E-state index is -0.172. The summed E-state index contributed by atoms with van der Waals surface area (Å²) < 4.78 is 10.3. The van der Waals surface area contributed by atoms with Crippen LogP contribution in [0.3, 0.4) is 0 Å². The van der Waals surface area contributed by atoms with Crippen LogP contribution in [0.2, 0.25) is 0 Å². The number of unbranched alkanes of at least 4 members (excludes halogenated alkanes) is 6. The lowest BCUT2D eigenvalue weighted by molar-refractivity contribution is -0.146. The molecule has 0 bridgehead atoms. The molecule has 0 fully saturated rings. The first kappa shape index (κ1) is 20.9. The molecule has 22 heavy (non-hydrogen) atoms. The molecule has 0 saturated heterocycles. The Labute approximate surface area is 135 Å². The van der Waals surface area contributed by atoms with Gasteiger partial charge in [-0.1, -0.05) is 52.9 Å². The molecule has 0 aliphatic carbocycles. The topological polar surface area (TPSA) is 52.6 Å². The normalized spacial score (nSPS) is 10.7. The van der Waals surface area contributed by atoms with Crippen molar-refractivity contribution in [2.24, 2.45) is 5.92 Å². The van der Waals surface area contributed by atoms with Gasteiger partial charge in [0.05, 0.1) is 13.2 Å². The van der Waals surface area contributed by atoms with Crippen molar-refractivity contribution in [1.29, 1.82) is 0 Å². The van der Waals surface area contributed by atoms with E-state index in [4.69, 9.17) is 9.47 Å². The fourth-order valence-corrected chi connectivity index (χ4v) is 2.01. The van der Waals surface area contributed by atoms with Gasteiger partial charge in [-0.05, 0) is 25.2 Å². The predicted molar refractivity (Wildman–Crippen MR) is 88.6 cm³/mol. The highest BCUT2D eigenvalue weighted by Gasteiger charge is 2.06. The first-order chi connectivity index (χ1) is 10.6. The second-order valence-corrected chi connectivity index (χ2v) is 6.27. The number of carbonyl (C=O) groups is 2. The second-order valence-electron chi connectivity index (χ2n) is 6.27. The molecule has 0 rings (SSSR count). The Morgan fingerprint density at radius 3 is 1.91 bits per heavy atom. The maximum atomic E-state index is 11.5. The van der Waals surface area contributed by atoms with Gasteiger partial charge in [0.1, 0.15) is 0 Å². The summed E-state index contributed by atoms with van der Waals surface area (Å²) in [5.74, 6) is 0.0409. The zero-order valence-corrected chi connectivity index (χ0v) is 14.7. The van der Waals surface area contributed by atoms with Crippen LogP contribution >= 0.6 is 0 Å². The van der Waals surface area contributed by atoms with Crippen molar-refractivity contribution in [3.8, 4) is 0 Å². The SMILES string of the molecule is CCCCCCCCOC(=O)CCCCC(=O)OCC(C)C. The predicted octanol–water partition coefficient (Wildman–Crippen LogP) is 4.65. The van der Waals surface area contributed by atoms with Crippen molar-refractivity contribution in [2.75, 3.05) is 13.2 Å². The molecule has 0 N–H and O–H groups in total. The molecule has 0 aliphatic heterocycles. The summed E-state index contributed by atoms with van der Waals surface area (Å²) in [5.41, 5.74) is 0. The van der Waals surface area contributed by atoms with Crippen LogP contribution in [-0.2, 0) is 19.1 Å². The van der Waals surface area contributed by atoms with Crippen LogP contribution in [0.15, 0.2) is 0 Å². The van der Waals surface area contributed by atoms with E-state index in [0.717, 1.165) is 12.8 Å². The van der Waals surface area contributed by atoms with E-state index in [9.17, 15) is 9.59 Å². The van der Waals surface area contributed by atoms with Gasteiger partial charge in [0.15, 0.2) is 0 Å². The average Bonchev–Trinajstić information content (AvgIpc) is 2.48. The van der Waals surface area contributed by atoms with E-state index in [1.165, 1.54) is 25.7 Å². The molecule has 0 radical (unpaired) electrons. The zero-order chi connectivity index (χ0) is 16.6. The van der Waals surface area contributed by atoms with Crippen LogP contribution in [0.4, 0.5) is 0 Å². The summed E-state index contributed by atoms with van der Waals surface area (Å²) in [6.07, 6.45) is 9.28. The Morgan fingerprint density at radius 2 is 1.32 bits per heavy atom. The zero-order valence-electron chi connectivity index (χ0n) is 14.7. The van der Waals surface area contributed by atoms with Crippen molar-refractivity contribution >= 4 is 11.9 Å². The van der Waals surface area contributed by atoms with E-state index in [1.54, 1.807) is 0 Å². The number of rotatable bonds is 14. The third kappa shape index (κ3) is 15.3. The van der Waals surface area contributed by atoms with Crippen molar-refractivity contribution in [1.82, 2.24) is 0 Å². The molecule has 4 heteroatoms. The van der Waals surface area contributed by atoms with Crippen LogP contribution in [0, 0.1) is 5.92 Å². The first-order valence-electron chi connectivity index (χ1n) is 8.87. The summed E-state index contributed by atoms with van der Waals surface area (Å²) in [6.45, 7) is 7.21. The number of hydrogen-bond acceptors (Lipinski definition) is 4. The lowest BCUT2D eigenvalue weighted by atomic mass is 10.1. The van der Waals surface area contributed by atoms with Crippen molar-refractivity contribution in [3.63, 3.8) is 0 Å². The van der Waals surface area contributed by atoms with Gasteiger partial charge in [0.2, 0.25) is 0 Å². The molecule has 0 aromatic rings. The highest BCUT2D eigenvalue weighted by atomic mass is 16.5. The average molecular weight is 314 g/mol. The van der Waals surface area contributed by atoms with E-state index in [2.05, 4.69) is 6.92 Å². The smallest absolute Gasteiger partial charge is 0.305 e. The fourth-order valence-electron chi connectivity index (χ4n) is 2.01. The van der Waals surface area contributed by atoms with E-state index >= 15 is 0 Å². The second kappa shape index (κ2) is 14.9. The largest absolute Gasteiger partial charge is 0.466 e. The molecule has 130 valence electrons.